The summed E-state index contributed by atoms with van der Waals surface area (Å²) in [6.07, 6.45) is 0.230. The zero-order valence-electron chi connectivity index (χ0n) is 15.4. The van der Waals surface area contributed by atoms with Crippen molar-refractivity contribution in [1.82, 2.24) is 0 Å². The summed E-state index contributed by atoms with van der Waals surface area (Å²) in [5.74, 6) is -1.91. The Hall–Kier alpha value is -2.31. The van der Waals surface area contributed by atoms with Gasteiger partial charge >= 0.3 is 5.97 Å². The number of carboxylic acid groups (broad SMARTS) is 1. The third-order valence-electron chi connectivity index (χ3n) is 3.92. The van der Waals surface area contributed by atoms with Crippen LogP contribution in [0, 0.1) is 11.7 Å². The first-order valence-corrected chi connectivity index (χ1v) is 9.35. The summed E-state index contributed by atoms with van der Waals surface area (Å²) in [6, 6.07) is 7.75. The molecule has 1 amide bonds. The topological polar surface area (TPSA) is 75.6 Å². The maximum atomic E-state index is 14.6. The fourth-order valence-electron chi connectivity index (χ4n) is 2.36. The summed E-state index contributed by atoms with van der Waals surface area (Å²) in [4.78, 5) is 22.5. The Balaban J connectivity index is 2.14. The van der Waals surface area contributed by atoms with E-state index in [1.165, 1.54) is 12.1 Å². The van der Waals surface area contributed by atoms with Crippen molar-refractivity contribution in [3.05, 3.63) is 57.3 Å². The molecular weight excluding hydrogens is 408 g/mol. The SMILES string of the molecule is CC(C)C(=O)Nc1cccc(COc2c(Cl)cc(CCC(=O)O)cc2Cl)c1F. The molecule has 0 spiro atoms. The molecule has 5 nitrogen and oxygen atoms in total. The molecule has 0 fully saturated rings. The van der Waals surface area contributed by atoms with Gasteiger partial charge in [0.1, 0.15) is 6.61 Å². The van der Waals surface area contributed by atoms with Crippen LogP contribution in [0.5, 0.6) is 5.75 Å². The number of nitrogens with one attached hydrogen (secondary N) is 1. The summed E-state index contributed by atoms with van der Waals surface area (Å²) in [5, 5.41) is 11.7. The van der Waals surface area contributed by atoms with Gasteiger partial charge in [-0.3, -0.25) is 9.59 Å². The molecule has 0 saturated heterocycles. The van der Waals surface area contributed by atoms with Gasteiger partial charge in [0, 0.05) is 17.9 Å². The third-order valence-corrected chi connectivity index (χ3v) is 4.48. The zero-order valence-corrected chi connectivity index (χ0v) is 16.9. The van der Waals surface area contributed by atoms with E-state index in [4.69, 9.17) is 33.0 Å². The number of ether oxygens (including phenoxy) is 1. The molecule has 0 unspecified atom stereocenters. The monoisotopic (exact) mass is 427 g/mol. The van der Waals surface area contributed by atoms with Crippen molar-refractivity contribution in [3.63, 3.8) is 0 Å². The molecule has 0 aliphatic carbocycles. The van der Waals surface area contributed by atoms with Crippen molar-refractivity contribution in [2.45, 2.75) is 33.3 Å². The van der Waals surface area contributed by atoms with E-state index in [9.17, 15) is 14.0 Å². The smallest absolute Gasteiger partial charge is 0.303 e. The maximum Gasteiger partial charge on any atom is 0.303 e. The van der Waals surface area contributed by atoms with Gasteiger partial charge < -0.3 is 15.2 Å². The third kappa shape index (κ3) is 5.84. The van der Waals surface area contributed by atoms with Crippen LogP contribution in [0.25, 0.3) is 0 Å². The van der Waals surface area contributed by atoms with Crippen molar-refractivity contribution >= 4 is 40.8 Å². The molecule has 2 N–H and O–H groups in total. The van der Waals surface area contributed by atoms with Gasteiger partial charge in [-0.15, -0.1) is 0 Å². The predicted octanol–water partition coefficient (Wildman–Crippen LogP) is 5.32. The lowest BCUT2D eigenvalue weighted by Crippen LogP contribution is -2.19. The van der Waals surface area contributed by atoms with Crippen molar-refractivity contribution < 1.29 is 23.8 Å². The van der Waals surface area contributed by atoms with Crippen LogP contribution in [0.2, 0.25) is 10.0 Å². The average molecular weight is 428 g/mol. The summed E-state index contributed by atoms with van der Waals surface area (Å²) in [7, 11) is 0. The van der Waals surface area contributed by atoms with E-state index in [0.717, 1.165) is 0 Å². The average Bonchev–Trinajstić information content (AvgIpc) is 2.61. The number of aryl methyl sites for hydroxylation is 1. The fourth-order valence-corrected chi connectivity index (χ4v) is 3.00. The second kappa shape index (κ2) is 9.75. The number of hydrogen-bond donors (Lipinski definition) is 2. The van der Waals surface area contributed by atoms with Gasteiger partial charge in [-0.2, -0.15) is 0 Å². The van der Waals surface area contributed by atoms with Gasteiger partial charge in [0.2, 0.25) is 5.91 Å². The number of carbonyl (C=O) groups excluding carboxylic acids is 1. The minimum atomic E-state index is -0.924. The van der Waals surface area contributed by atoms with Gasteiger partial charge in [0.25, 0.3) is 0 Å². The van der Waals surface area contributed by atoms with E-state index in [2.05, 4.69) is 5.32 Å². The number of benzene rings is 2. The lowest BCUT2D eigenvalue weighted by atomic mass is 10.1. The number of hydrogen-bond acceptors (Lipinski definition) is 3. The van der Waals surface area contributed by atoms with Crippen molar-refractivity contribution in [2.24, 2.45) is 5.92 Å². The zero-order chi connectivity index (χ0) is 20.8. The second-order valence-electron chi connectivity index (χ2n) is 6.49. The number of amides is 1. The standard InChI is InChI=1S/C20H20Cl2FNO4/c1-11(2)20(27)24-16-5-3-4-13(18(16)23)10-28-19-14(21)8-12(9-15(19)22)6-7-17(25)26/h3-5,8-9,11H,6-7,10H2,1-2H3,(H,24,27)(H,25,26). The highest BCUT2D eigenvalue weighted by Gasteiger charge is 2.15. The maximum absolute atomic E-state index is 14.6. The Labute approximate surface area is 172 Å². The Morgan fingerprint density at radius 2 is 1.86 bits per heavy atom. The van der Waals surface area contributed by atoms with Gasteiger partial charge in [-0.05, 0) is 30.2 Å². The summed E-state index contributed by atoms with van der Waals surface area (Å²) < 4.78 is 20.2. The fraction of sp³-hybridized carbons (Fsp3) is 0.300. The summed E-state index contributed by atoms with van der Waals surface area (Å²) >= 11 is 12.4. The van der Waals surface area contributed by atoms with Crippen LogP contribution in [0.1, 0.15) is 31.4 Å². The van der Waals surface area contributed by atoms with Crippen LogP contribution in [-0.2, 0) is 22.6 Å². The van der Waals surface area contributed by atoms with Crippen LogP contribution in [0.15, 0.2) is 30.3 Å². The van der Waals surface area contributed by atoms with Gasteiger partial charge in [0.15, 0.2) is 11.6 Å². The van der Waals surface area contributed by atoms with E-state index in [1.54, 1.807) is 32.0 Å². The van der Waals surface area contributed by atoms with Crippen LogP contribution in [-0.4, -0.2) is 17.0 Å². The molecule has 0 heterocycles. The van der Waals surface area contributed by atoms with E-state index in [-0.39, 0.29) is 58.3 Å². The van der Waals surface area contributed by atoms with Crippen LogP contribution >= 0.6 is 23.2 Å². The molecule has 0 radical (unpaired) electrons. The molecule has 0 atom stereocenters. The number of carbonyl (C=O) groups is 2. The van der Waals surface area contributed by atoms with Crippen molar-refractivity contribution in [1.29, 1.82) is 0 Å². The highest BCUT2D eigenvalue weighted by Crippen LogP contribution is 2.35. The molecule has 2 aromatic rings. The Morgan fingerprint density at radius 1 is 1.21 bits per heavy atom. The summed E-state index contributed by atoms with van der Waals surface area (Å²) in [6.45, 7) is 3.28. The number of aliphatic carboxylic acids is 1. The van der Waals surface area contributed by atoms with Crippen LogP contribution < -0.4 is 10.1 Å². The largest absolute Gasteiger partial charge is 0.486 e. The minimum absolute atomic E-state index is 0.0486. The number of rotatable bonds is 8. The lowest BCUT2D eigenvalue weighted by Gasteiger charge is -2.14. The molecule has 28 heavy (non-hydrogen) atoms. The molecule has 0 bridgehead atoms. The minimum Gasteiger partial charge on any atom is -0.486 e. The highest BCUT2D eigenvalue weighted by atomic mass is 35.5. The molecular formula is C20H20Cl2FNO4. The molecule has 2 rings (SSSR count). The first-order valence-electron chi connectivity index (χ1n) is 8.59. The van der Waals surface area contributed by atoms with Crippen molar-refractivity contribution in [2.75, 3.05) is 5.32 Å². The van der Waals surface area contributed by atoms with Crippen molar-refractivity contribution in [3.8, 4) is 5.75 Å². The molecule has 0 saturated carbocycles. The van der Waals surface area contributed by atoms with E-state index >= 15 is 0 Å². The molecule has 0 aromatic heterocycles. The van der Waals surface area contributed by atoms with E-state index in [1.807, 2.05) is 0 Å². The Morgan fingerprint density at radius 3 is 2.43 bits per heavy atom. The number of anilines is 1. The van der Waals surface area contributed by atoms with E-state index < -0.39 is 11.8 Å². The first-order chi connectivity index (χ1) is 13.2. The normalized spacial score (nSPS) is 10.8. The Bertz CT molecular complexity index is 863. The lowest BCUT2D eigenvalue weighted by molar-refractivity contribution is -0.137. The van der Waals surface area contributed by atoms with E-state index in [0.29, 0.717) is 5.56 Å². The molecule has 2 aromatic carbocycles. The van der Waals surface area contributed by atoms with Gasteiger partial charge in [-0.1, -0.05) is 49.2 Å². The second-order valence-corrected chi connectivity index (χ2v) is 7.31. The molecule has 8 heteroatoms. The quantitative estimate of drug-likeness (QED) is 0.597. The molecule has 0 aliphatic heterocycles. The van der Waals surface area contributed by atoms with Gasteiger partial charge in [-0.25, -0.2) is 4.39 Å². The van der Waals surface area contributed by atoms with Crippen LogP contribution in [0.4, 0.5) is 10.1 Å². The number of carboxylic acids is 1. The number of halogens is 3. The predicted molar refractivity (Wildman–Crippen MR) is 107 cm³/mol. The van der Waals surface area contributed by atoms with Crippen LogP contribution in [0.3, 0.4) is 0 Å². The molecule has 0 aliphatic rings. The first kappa shape index (κ1) is 22.0. The summed E-state index contributed by atoms with van der Waals surface area (Å²) in [5.41, 5.74) is 0.957. The molecule has 150 valence electrons. The Kier molecular flexibility index (Phi) is 7.66. The highest BCUT2D eigenvalue weighted by molar-refractivity contribution is 6.37. The van der Waals surface area contributed by atoms with Gasteiger partial charge in [0.05, 0.1) is 15.7 Å².